The van der Waals surface area contributed by atoms with Crippen molar-refractivity contribution >= 4 is 11.6 Å². The van der Waals surface area contributed by atoms with Crippen molar-refractivity contribution in [3.63, 3.8) is 0 Å². The first-order chi connectivity index (χ1) is 16.9. The number of anilines is 1. The predicted octanol–water partition coefficient (Wildman–Crippen LogP) is 4.73. The number of hydrogen-bond donors (Lipinski definition) is 1. The van der Waals surface area contributed by atoms with Gasteiger partial charge in [0.05, 0.1) is 12.7 Å². The van der Waals surface area contributed by atoms with Crippen LogP contribution in [0.25, 0.3) is 5.70 Å². The normalized spacial score (nSPS) is 15.1. The predicted molar refractivity (Wildman–Crippen MR) is 121 cm³/mol. The van der Waals surface area contributed by atoms with E-state index in [1.165, 1.54) is 13.2 Å². The van der Waals surface area contributed by atoms with Crippen molar-refractivity contribution in [2.75, 3.05) is 12.4 Å². The number of rotatable bonds is 6. The van der Waals surface area contributed by atoms with Crippen LogP contribution in [0.2, 0.25) is 0 Å². The summed E-state index contributed by atoms with van der Waals surface area (Å²) in [5, 5.41) is 15.1. The minimum Gasteiger partial charge on any atom is -0.493 e. The zero-order valence-electron chi connectivity index (χ0n) is 18.4. The van der Waals surface area contributed by atoms with Crippen LogP contribution in [0.1, 0.15) is 28.3 Å². The molecule has 4 aromatic rings. The summed E-state index contributed by atoms with van der Waals surface area (Å²) in [6, 6.07) is 13.8. The molecule has 35 heavy (non-hydrogen) atoms. The van der Waals surface area contributed by atoms with E-state index >= 15 is 0 Å². The van der Waals surface area contributed by atoms with Crippen LogP contribution >= 0.6 is 0 Å². The summed E-state index contributed by atoms with van der Waals surface area (Å²) in [5.74, 6) is 1.31. The highest BCUT2D eigenvalue weighted by molar-refractivity contribution is 5.76. The molecule has 1 aliphatic rings. The molecule has 0 bridgehead atoms. The molecule has 0 radical (unpaired) electrons. The smallest absolute Gasteiger partial charge is 0.416 e. The Kier molecular flexibility index (Phi) is 5.81. The van der Waals surface area contributed by atoms with Crippen molar-refractivity contribution in [1.29, 1.82) is 0 Å². The SMILES string of the molecule is COc1cc(C2C=C(c3ccncc3)Nc3nnnn32)ccc1OCc1cccc(C(F)(F)F)c1. The molecule has 11 heteroatoms. The lowest BCUT2D eigenvalue weighted by Crippen LogP contribution is -2.20. The van der Waals surface area contributed by atoms with Crippen LogP contribution < -0.4 is 14.8 Å². The van der Waals surface area contributed by atoms with Gasteiger partial charge in [-0.1, -0.05) is 23.3 Å². The summed E-state index contributed by atoms with van der Waals surface area (Å²) in [4.78, 5) is 4.05. The van der Waals surface area contributed by atoms with Gasteiger partial charge in [0.2, 0.25) is 5.95 Å². The molecular weight excluding hydrogens is 461 g/mol. The van der Waals surface area contributed by atoms with E-state index in [0.29, 0.717) is 23.0 Å². The Balaban J connectivity index is 1.42. The fourth-order valence-electron chi connectivity index (χ4n) is 3.78. The van der Waals surface area contributed by atoms with Crippen LogP contribution in [0.15, 0.2) is 73.1 Å². The Bertz CT molecular complexity index is 1370. The Labute approximate surface area is 198 Å². The molecule has 1 aliphatic heterocycles. The highest BCUT2D eigenvalue weighted by Gasteiger charge is 2.30. The van der Waals surface area contributed by atoms with Gasteiger partial charge in [0.15, 0.2) is 11.5 Å². The van der Waals surface area contributed by atoms with Gasteiger partial charge in [0.1, 0.15) is 12.6 Å². The molecule has 0 aliphatic carbocycles. The van der Waals surface area contributed by atoms with Crippen LogP contribution in [-0.2, 0) is 12.8 Å². The Morgan fingerprint density at radius 2 is 1.86 bits per heavy atom. The molecular formula is C24H19F3N6O2. The van der Waals surface area contributed by atoms with Gasteiger partial charge in [-0.2, -0.15) is 17.9 Å². The van der Waals surface area contributed by atoms with E-state index in [2.05, 4.69) is 25.8 Å². The number of halogens is 3. The van der Waals surface area contributed by atoms with Crippen molar-refractivity contribution in [3.8, 4) is 11.5 Å². The molecule has 2 aromatic carbocycles. The van der Waals surface area contributed by atoms with Gasteiger partial charge in [-0.15, -0.1) is 0 Å². The zero-order chi connectivity index (χ0) is 24.4. The second kappa shape index (κ2) is 9.09. The number of ether oxygens (including phenoxy) is 2. The van der Waals surface area contributed by atoms with Crippen molar-refractivity contribution < 1.29 is 22.6 Å². The average Bonchev–Trinajstić information content (AvgIpc) is 3.36. The van der Waals surface area contributed by atoms with E-state index in [4.69, 9.17) is 9.47 Å². The molecule has 1 N–H and O–H groups in total. The number of benzene rings is 2. The first-order valence-corrected chi connectivity index (χ1v) is 10.6. The molecule has 0 saturated carbocycles. The lowest BCUT2D eigenvalue weighted by molar-refractivity contribution is -0.137. The molecule has 0 spiro atoms. The molecule has 1 unspecified atom stereocenters. The topological polar surface area (TPSA) is 87.0 Å². The van der Waals surface area contributed by atoms with Crippen LogP contribution in [0.5, 0.6) is 11.5 Å². The molecule has 0 fully saturated rings. The number of hydrogen-bond acceptors (Lipinski definition) is 7. The van der Waals surface area contributed by atoms with Crippen LogP contribution in [0.4, 0.5) is 19.1 Å². The van der Waals surface area contributed by atoms with E-state index in [1.54, 1.807) is 35.3 Å². The summed E-state index contributed by atoms with van der Waals surface area (Å²) in [6.45, 7) is -0.0454. The molecule has 5 rings (SSSR count). The zero-order valence-corrected chi connectivity index (χ0v) is 18.4. The van der Waals surface area contributed by atoms with Crippen molar-refractivity contribution in [3.05, 3.63) is 95.3 Å². The fourth-order valence-corrected chi connectivity index (χ4v) is 3.78. The van der Waals surface area contributed by atoms with Gasteiger partial charge in [0.25, 0.3) is 0 Å². The third-order valence-corrected chi connectivity index (χ3v) is 5.50. The van der Waals surface area contributed by atoms with E-state index in [1.807, 2.05) is 24.3 Å². The number of alkyl halides is 3. The van der Waals surface area contributed by atoms with E-state index in [0.717, 1.165) is 29.0 Å². The molecule has 3 heterocycles. The van der Waals surface area contributed by atoms with Gasteiger partial charge >= 0.3 is 6.18 Å². The van der Waals surface area contributed by atoms with Crippen molar-refractivity contribution in [1.82, 2.24) is 25.2 Å². The molecule has 8 nitrogen and oxygen atoms in total. The quantitative estimate of drug-likeness (QED) is 0.427. The molecule has 0 saturated heterocycles. The number of pyridine rings is 1. The van der Waals surface area contributed by atoms with Crippen molar-refractivity contribution in [2.45, 2.75) is 18.8 Å². The number of tetrazole rings is 1. The summed E-state index contributed by atoms with van der Waals surface area (Å²) < 4.78 is 52.0. The maximum Gasteiger partial charge on any atom is 0.416 e. The number of fused-ring (bicyclic) bond motifs is 1. The minimum absolute atomic E-state index is 0.0454. The Morgan fingerprint density at radius 1 is 1.03 bits per heavy atom. The summed E-state index contributed by atoms with van der Waals surface area (Å²) >= 11 is 0. The maximum atomic E-state index is 13.0. The lowest BCUT2D eigenvalue weighted by atomic mass is 10.0. The van der Waals surface area contributed by atoms with E-state index < -0.39 is 11.7 Å². The van der Waals surface area contributed by atoms with Gasteiger partial charge in [-0.3, -0.25) is 4.98 Å². The third kappa shape index (κ3) is 4.65. The summed E-state index contributed by atoms with van der Waals surface area (Å²) in [7, 11) is 1.50. The van der Waals surface area contributed by atoms with Gasteiger partial charge in [-0.25, -0.2) is 0 Å². The number of nitrogens with one attached hydrogen (secondary N) is 1. The highest BCUT2D eigenvalue weighted by Crippen LogP contribution is 2.36. The largest absolute Gasteiger partial charge is 0.493 e. The molecule has 1 atom stereocenters. The van der Waals surface area contributed by atoms with Gasteiger partial charge < -0.3 is 14.8 Å². The lowest BCUT2D eigenvalue weighted by Gasteiger charge is -2.24. The van der Waals surface area contributed by atoms with Gasteiger partial charge in [0, 0.05) is 23.7 Å². The maximum absolute atomic E-state index is 13.0. The molecule has 2 aromatic heterocycles. The second-order valence-electron chi connectivity index (χ2n) is 7.73. The first-order valence-electron chi connectivity index (χ1n) is 10.6. The summed E-state index contributed by atoms with van der Waals surface area (Å²) in [6.07, 6.45) is 0.965. The summed E-state index contributed by atoms with van der Waals surface area (Å²) in [5.41, 5.74) is 2.25. The van der Waals surface area contributed by atoms with E-state index in [9.17, 15) is 13.2 Å². The standard InChI is InChI=1S/C24H19F3N6O2/c1-34-22-12-17(5-6-21(22)35-14-15-3-2-4-18(11-15)24(25,26)27)20-13-19(16-7-9-28-10-8-16)29-23-30-31-32-33(20)23/h2-13,20H,14H2,1H3,(H,29,30,32). The van der Waals surface area contributed by atoms with E-state index in [-0.39, 0.29) is 12.6 Å². The minimum atomic E-state index is -4.41. The second-order valence-corrected chi connectivity index (χ2v) is 7.73. The number of allylic oxidation sites excluding steroid dienone is 1. The Hall–Kier alpha value is -4.41. The number of nitrogens with zero attached hydrogens (tertiary/aromatic N) is 5. The molecule has 178 valence electrons. The first kappa shape index (κ1) is 22.4. The third-order valence-electron chi connectivity index (χ3n) is 5.50. The van der Waals surface area contributed by atoms with Crippen LogP contribution in [0.3, 0.4) is 0 Å². The highest BCUT2D eigenvalue weighted by atomic mass is 19.4. The van der Waals surface area contributed by atoms with Crippen LogP contribution in [-0.4, -0.2) is 32.3 Å². The van der Waals surface area contributed by atoms with Crippen LogP contribution in [0, 0.1) is 0 Å². The number of methoxy groups -OCH3 is 1. The monoisotopic (exact) mass is 480 g/mol. The Morgan fingerprint density at radius 3 is 2.63 bits per heavy atom. The molecule has 0 amide bonds. The fraction of sp³-hybridized carbons (Fsp3) is 0.167. The van der Waals surface area contributed by atoms with Crippen molar-refractivity contribution in [2.24, 2.45) is 0 Å². The average molecular weight is 480 g/mol. The number of aromatic nitrogens is 5. The van der Waals surface area contributed by atoms with Gasteiger partial charge in [-0.05, 0) is 64.0 Å².